The lowest BCUT2D eigenvalue weighted by molar-refractivity contribution is -0.143. The second-order valence-corrected chi connectivity index (χ2v) is 11.1. The van der Waals surface area contributed by atoms with Gasteiger partial charge in [0.15, 0.2) is 0 Å². The molecule has 0 N–H and O–H groups in total. The van der Waals surface area contributed by atoms with Crippen LogP contribution in [0.5, 0.6) is 5.75 Å². The zero-order valence-corrected chi connectivity index (χ0v) is 24.7. The van der Waals surface area contributed by atoms with Crippen LogP contribution in [0.25, 0.3) is 16.7 Å². The van der Waals surface area contributed by atoms with Crippen molar-refractivity contribution in [1.29, 1.82) is 0 Å². The monoisotopic (exact) mass is 624 g/mol. The van der Waals surface area contributed by atoms with Crippen molar-refractivity contribution in [2.24, 2.45) is 0 Å². The summed E-state index contributed by atoms with van der Waals surface area (Å²) in [6, 6.07) is 6.88. The number of benzene rings is 2. The number of hydrogen-bond donors (Lipinski definition) is 0. The van der Waals surface area contributed by atoms with E-state index in [4.69, 9.17) is 14.5 Å². The second kappa shape index (κ2) is 12.1. The van der Waals surface area contributed by atoms with Gasteiger partial charge in [0.25, 0.3) is 0 Å². The van der Waals surface area contributed by atoms with Crippen molar-refractivity contribution in [3.05, 3.63) is 88.5 Å². The van der Waals surface area contributed by atoms with E-state index in [9.17, 15) is 35.5 Å². The van der Waals surface area contributed by atoms with E-state index in [0.29, 0.717) is 45.8 Å². The summed E-state index contributed by atoms with van der Waals surface area (Å²) < 4.78 is 106. The molecular formula is C32H31F7N2O3. The SMILES string of the molecule is C=C(C)c1ccc(-c2cc(C(C)C)c(F)cc2OC)c(CN2C(=O)OC(c3cc(C(F)(F)F)cc(C(F)(F)F)c3)C[C@@H]2C)n1. The van der Waals surface area contributed by atoms with E-state index >= 15 is 0 Å². The minimum Gasteiger partial charge on any atom is -0.496 e. The summed E-state index contributed by atoms with van der Waals surface area (Å²) in [7, 11) is 1.39. The van der Waals surface area contributed by atoms with Gasteiger partial charge < -0.3 is 9.47 Å². The number of ether oxygens (including phenoxy) is 2. The van der Waals surface area contributed by atoms with Gasteiger partial charge in [-0.15, -0.1) is 0 Å². The van der Waals surface area contributed by atoms with Crippen LogP contribution in [0.2, 0.25) is 0 Å². The Balaban J connectivity index is 1.72. The Bertz CT molecular complexity index is 1550. The first-order chi connectivity index (χ1) is 20.4. The van der Waals surface area contributed by atoms with E-state index in [2.05, 4.69) is 6.58 Å². The quantitative estimate of drug-likeness (QED) is 0.246. The van der Waals surface area contributed by atoms with Gasteiger partial charge >= 0.3 is 18.4 Å². The molecule has 0 radical (unpaired) electrons. The van der Waals surface area contributed by atoms with Crippen molar-refractivity contribution in [3.8, 4) is 16.9 Å². The predicted molar refractivity (Wildman–Crippen MR) is 150 cm³/mol. The number of halogens is 7. The van der Waals surface area contributed by atoms with Gasteiger partial charge in [-0.25, -0.2) is 9.18 Å². The van der Waals surface area contributed by atoms with Gasteiger partial charge in [0.2, 0.25) is 0 Å². The highest BCUT2D eigenvalue weighted by Crippen LogP contribution is 2.41. The Labute approximate surface area is 250 Å². The zero-order chi connectivity index (χ0) is 32.7. The average molecular weight is 625 g/mol. The second-order valence-electron chi connectivity index (χ2n) is 11.1. The van der Waals surface area contributed by atoms with Gasteiger partial charge in [-0.1, -0.05) is 26.5 Å². The van der Waals surface area contributed by atoms with Gasteiger partial charge in [-0.05, 0) is 66.8 Å². The van der Waals surface area contributed by atoms with Crippen molar-refractivity contribution >= 4 is 11.7 Å². The minimum atomic E-state index is -5.04. The lowest BCUT2D eigenvalue weighted by Gasteiger charge is -2.37. The average Bonchev–Trinajstić information content (AvgIpc) is 2.93. The molecule has 12 heteroatoms. The largest absolute Gasteiger partial charge is 0.496 e. The molecule has 2 aromatic carbocycles. The van der Waals surface area contributed by atoms with E-state index in [0.717, 1.165) is 0 Å². The van der Waals surface area contributed by atoms with E-state index in [1.165, 1.54) is 18.1 Å². The number of rotatable bonds is 7. The third-order valence-corrected chi connectivity index (χ3v) is 7.51. The van der Waals surface area contributed by atoms with Crippen molar-refractivity contribution in [2.45, 2.75) is 71.1 Å². The molecule has 44 heavy (non-hydrogen) atoms. The molecule has 0 saturated carbocycles. The first-order valence-electron chi connectivity index (χ1n) is 13.7. The highest BCUT2D eigenvalue weighted by atomic mass is 19.4. The fourth-order valence-corrected chi connectivity index (χ4v) is 5.10. The molecule has 0 aliphatic carbocycles. The first kappa shape index (κ1) is 32.8. The fourth-order valence-electron chi connectivity index (χ4n) is 5.10. The molecular weight excluding hydrogens is 593 g/mol. The van der Waals surface area contributed by atoms with Crippen LogP contribution in [-0.4, -0.2) is 29.1 Å². The van der Waals surface area contributed by atoms with Crippen LogP contribution in [0.3, 0.4) is 0 Å². The van der Waals surface area contributed by atoms with Crippen LogP contribution in [0.1, 0.15) is 79.8 Å². The molecule has 0 bridgehead atoms. The van der Waals surface area contributed by atoms with Crippen molar-refractivity contribution in [1.82, 2.24) is 9.88 Å². The zero-order valence-electron chi connectivity index (χ0n) is 24.7. The molecule has 236 valence electrons. The molecule has 2 heterocycles. The highest BCUT2D eigenvalue weighted by molar-refractivity contribution is 5.76. The molecule has 0 spiro atoms. The van der Waals surface area contributed by atoms with E-state index < -0.39 is 53.1 Å². The minimum absolute atomic E-state index is 0.0279. The lowest BCUT2D eigenvalue weighted by Crippen LogP contribution is -2.44. The van der Waals surface area contributed by atoms with Crippen molar-refractivity contribution in [3.63, 3.8) is 0 Å². The Morgan fingerprint density at radius 3 is 2.16 bits per heavy atom. The number of allylic oxidation sites excluding steroid dienone is 1. The van der Waals surface area contributed by atoms with Crippen LogP contribution in [0.15, 0.2) is 49.0 Å². The third kappa shape index (κ3) is 6.84. The van der Waals surface area contributed by atoms with E-state index in [1.807, 2.05) is 13.8 Å². The maximum atomic E-state index is 14.8. The smallest absolute Gasteiger partial charge is 0.416 e. The molecule has 1 amide bonds. The van der Waals surface area contributed by atoms with Gasteiger partial charge in [-0.3, -0.25) is 9.88 Å². The van der Waals surface area contributed by atoms with Crippen LogP contribution >= 0.6 is 0 Å². The van der Waals surface area contributed by atoms with Crippen molar-refractivity contribution in [2.75, 3.05) is 7.11 Å². The summed E-state index contributed by atoms with van der Waals surface area (Å²) >= 11 is 0. The molecule has 1 saturated heterocycles. The summed E-state index contributed by atoms with van der Waals surface area (Å²) in [6.45, 7) is 10.8. The van der Waals surface area contributed by atoms with E-state index in [-0.39, 0.29) is 30.7 Å². The fraction of sp³-hybridized carbons (Fsp3) is 0.375. The molecule has 4 rings (SSSR count). The van der Waals surface area contributed by atoms with Gasteiger partial charge in [0.05, 0.1) is 36.2 Å². The topological polar surface area (TPSA) is 51.7 Å². The Morgan fingerprint density at radius 1 is 1.05 bits per heavy atom. The number of alkyl halides is 6. The Kier molecular flexibility index (Phi) is 9.04. The number of carbonyl (C=O) groups is 1. The third-order valence-electron chi connectivity index (χ3n) is 7.51. The van der Waals surface area contributed by atoms with Crippen LogP contribution in [0.4, 0.5) is 35.5 Å². The molecule has 2 atom stereocenters. The molecule has 1 unspecified atom stereocenters. The first-order valence-corrected chi connectivity index (χ1v) is 13.7. The molecule has 1 aliphatic rings. The number of hydrogen-bond acceptors (Lipinski definition) is 4. The summed E-state index contributed by atoms with van der Waals surface area (Å²) in [4.78, 5) is 19.3. The summed E-state index contributed by atoms with van der Waals surface area (Å²) in [5.41, 5.74) is -0.376. The number of carbonyl (C=O) groups excluding carboxylic acids is 1. The Hall–Kier alpha value is -4.09. The molecule has 5 nitrogen and oxygen atoms in total. The van der Waals surface area contributed by atoms with Crippen molar-refractivity contribution < 1.29 is 45.0 Å². The van der Waals surface area contributed by atoms with Gasteiger partial charge in [0.1, 0.15) is 17.7 Å². The van der Waals surface area contributed by atoms with Gasteiger partial charge in [0, 0.05) is 29.7 Å². The van der Waals surface area contributed by atoms with Gasteiger partial charge in [-0.2, -0.15) is 26.3 Å². The maximum Gasteiger partial charge on any atom is 0.416 e. The molecule has 1 aliphatic heterocycles. The molecule has 1 aromatic heterocycles. The van der Waals surface area contributed by atoms with Crippen LogP contribution in [0, 0.1) is 5.82 Å². The number of methoxy groups -OCH3 is 1. The molecule has 1 fully saturated rings. The normalized spacial score (nSPS) is 17.6. The summed E-state index contributed by atoms with van der Waals surface area (Å²) in [5, 5.41) is 0. The number of pyridine rings is 1. The number of aromatic nitrogens is 1. The maximum absolute atomic E-state index is 14.8. The standard InChI is InChI=1S/C32H31F7N2O3/c1-16(2)23-13-24(29(43-6)14-25(23)33)22-7-8-26(17(3)4)40-27(22)15-41-18(5)9-28(44-30(41)42)19-10-20(31(34,35)36)12-21(11-19)32(37,38)39/h7-8,10-14,16,18,28H,3,9,15H2,1-2,4-6H3/t18-,28?/m0/s1. The summed E-state index contributed by atoms with van der Waals surface area (Å²) in [5.74, 6) is -0.373. The summed E-state index contributed by atoms with van der Waals surface area (Å²) in [6.07, 6.45) is -12.5. The molecule has 3 aromatic rings. The van der Waals surface area contributed by atoms with E-state index in [1.54, 1.807) is 32.0 Å². The number of nitrogens with zero attached hydrogens (tertiary/aromatic N) is 2. The number of cyclic esters (lactones) is 1. The number of amides is 1. The highest BCUT2D eigenvalue weighted by Gasteiger charge is 2.40. The lowest BCUT2D eigenvalue weighted by atomic mass is 9.94. The van der Waals surface area contributed by atoms with Crippen LogP contribution in [-0.2, 0) is 23.6 Å². The Morgan fingerprint density at radius 2 is 1.66 bits per heavy atom. The predicted octanol–water partition coefficient (Wildman–Crippen LogP) is 9.56. The van der Waals surface area contributed by atoms with Crippen LogP contribution < -0.4 is 4.74 Å².